The monoisotopic (exact) mass is 181 g/mol. The zero-order chi connectivity index (χ0) is 9.68. The molecule has 2 N–H and O–H groups in total. The summed E-state index contributed by atoms with van der Waals surface area (Å²) in [6.07, 6.45) is 3.26. The van der Waals surface area contributed by atoms with Crippen molar-refractivity contribution >= 4 is 5.97 Å². The topological polar surface area (TPSA) is 78.1 Å². The Balaban J connectivity index is 2.59. The summed E-state index contributed by atoms with van der Waals surface area (Å²) >= 11 is 0. The predicted octanol–water partition coefficient (Wildman–Crippen LogP) is 0.0395. The van der Waals surface area contributed by atoms with Gasteiger partial charge in [-0.05, 0) is 6.07 Å². The summed E-state index contributed by atoms with van der Waals surface area (Å²) in [6, 6.07) is 1.20. The van der Waals surface area contributed by atoms with Crippen molar-refractivity contribution in [3.63, 3.8) is 0 Å². The van der Waals surface area contributed by atoms with Gasteiger partial charge in [0.15, 0.2) is 0 Å². The van der Waals surface area contributed by atoms with Crippen LogP contribution in [0.3, 0.4) is 0 Å². The first kappa shape index (κ1) is 9.60. The van der Waals surface area contributed by atoms with Crippen molar-refractivity contribution in [1.29, 1.82) is 0 Å². The fourth-order valence-electron chi connectivity index (χ4n) is 0.856. The molecule has 0 saturated carbocycles. The van der Waals surface area contributed by atoms with E-state index in [1.807, 2.05) is 0 Å². The minimum absolute atomic E-state index is 0.0977. The Kier molecular flexibility index (Phi) is 3.33. The maximum Gasteiger partial charge on any atom is 0.307 e. The van der Waals surface area contributed by atoms with Gasteiger partial charge in [-0.3, -0.25) is 4.79 Å². The Morgan fingerprint density at radius 3 is 2.77 bits per heavy atom. The SMILES string of the molecule is COC(=O)CC(N)c1ncccn1. The molecule has 0 aliphatic heterocycles. The first-order valence-electron chi connectivity index (χ1n) is 3.83. The molecule has 0 saturated heterocycles. The van der Waals surface area contributed by atoms with Gasteiger partial charge < -0.3 is 10.5 Å². The molecule has 13 heavy (non-hydrogen) atoms. The molecule has 0 aliphatic rings. The van der Waals surface area contributed by atoms with Crippen LogP contribution >= 0.6 is 0 Å². The summed E-state index contributed by atoms with van der Waals surface area (Å²) in [5.41, 5.74) is 5.65. The molecule has 0 amide bonds. The number of rotatable bonds is 3. The number of hydrogen-bond acceptors (Lipinski definition) is 5. The second kappa shape index (κ2) is 4.51. The molecular weight excluding hydrogens is 170 g/mol. The second-order valence-electron chi connectivity index (χ2n) is 2.49. The van der Waals surface area contributed by atoms with Crippen LogP contribution in [0.25, 0.3) is 0 Å². The number of carbonyl (C=O) groups is 1. The van der Waals surface area contributed by atoms with Gasteiger partial charge in [0.1, 0.15) is 5.82 Å². The Hall–Kier alpha value is -1.49. The second-order valence-corrected chi connectivity index (χ2v) is 2.49. The van der Waals surface area contributed by atoms with Crippen molar-refractivity contribution in [2.75, 3.05) is 7.11 Å². The summed E-state index contributed by atoms with van der Waals surface area (Å²) in [5, 5.41) is 0. The molecular formula is C8H11N3O2. The van der Waals surface area contributed by atoms with Crippen molar-refractivity contribution in [1.82, 2.24) is 9.97 Å². The zero-order valence-electron chi connectivity index (χ0n) is 7.30. The molecule has 0 bridgehead atoms. The van der Waals surface area contributed by atoms with Crippen molar-refractivity contribution in [3.8, 4) is 0 Å². The quantitative estimate of drug-likeness (QED) is 0.666. The number of hydrogen-bond donors (Lipinski definition) is 1. The molecule has 70 valence electrons. The molecule has 0 aliphatic carbocycles. The van der Waals surface area contributed by atoms with E-state index in [-0.39, 0.29) is 12.4 Å². The third-order valence-corrected chi connectivity index (χ3v) is 1.53. The van der Waals surface area contributed by atoms with E-state index in [1.165, 1.54) is 7.11 Å². The van der Waals surface area contributed by atoms with Crippen molar-refractivity contribution in [2.24, 2.45) is 5.73 Å². The summed E-state index contributed by atoms with van der Waals surface area (Å²) in [5.74, 6) is 0.0906. The molecule has 0 aromatic carbocycles. The first-order chi connectivity index (χ1) is 6.24. The number of nitrogens with zero attached hydrogens (tertiary/aromatic N) is 2. The van der Waals surface area contributed by atoms with E-state index in [1.54, 1.807) is 18.5 Å². The van der Waals surface area contributed by atoms with Crippen LogP contribution in [0.4, 0.5) is 0 Å². The first-order valence-corrected chi connectivity index (χ1v) is 3.83. The highest BCUT2D eigenvalue weighted by atomic mass is 16.5. The lowest BCUT2D eigenvalue weighted by molar-refractivity contribution is -0.141. The van der Waals surface area contributed by atoms with E-state index in [2.05, 4.69) is 14.7 Å². The van der Waals surface area contributed by atoms with Gasteiger partial charge in [0.05, 0.1) is 19.6 Å². The van der Waals surface area contributed by atoms with Crippen LogP contribution in [0.15, 0.2) is 18.5 Å². The molecule has 5 heteroatoms. The number of carbonyl (C=O) groups excluding carboxylic acids is 1. The standard InChI is InChI=1S/C8H11N3O2/c1-13-7(12)5-6(9)8-10-3-2-4-11-8/h2-4,6H,5,9H2,1H3. The van der Waals surface area contributed by atoms with Crippen LogP contribution in [-0.2, 0) is 9.53 Å². The van der Waals surface area contributed by atoms with E-state index in [0.717, 1.165) is 0 Å². The van der Waals surface area contributed by atoms with E-state index in [4.69, 9.17) is 5.73 Å². The number of methoxy groups -OCH3 is 1. The van der Waals surface area contributed by atoms with E-state index in [0.29, 0.717) is 5.82 Å². The minimum atomic E-state index is -0.492. The van der Waals surface area contributed by atoms with Gasteiger partial charge in [-0.25, -0.2) is 9.97 Å². The Morgan fingerprint density at radius 1 is 1.62 bits per heavy atom. The fourth-order valence-corrected chi connectivity index (χ4v) is 0.856. The molecule has 0 fully saturated rings. The van der Waals surface area contributed by atoms with Crippen LogP contribution in [0.1, 0.15) is 18.3 Å². The maximum absolute atomic E-state index is 10.8. The predicted molar refractivity (Wildman–Crippen MR) is 45.6 cm³/mol. The van der Waals surface area contributed by atoms with Crippen molar-refractivity contribution in [3.05, 3.63) is 24.3 Å². The number of esters is 1. The van der Waals surface area contributed by atoms with E-state index < -0.39 is 6.04 Å². The average molecular weight is 181 g/mol. The normalized spacial score (nSPS) is 12.2. The van der Waals surface area contributed by atoms with Crippen molar-refractivity contribution < 1.29 is 9.53 Å². The van der Waals surface area contributed by atoms with Gasteiger partial charge in [-0.15, -0.1) is 0 Å². The summed E-state index contributed by atoms with van der Waals surface area (Å²) in [4.78, 5) is 18.7. The molecule has 0 radical (unpaired) electrons. The summed E-state index contributed by atoms with van der Waals surface area (Å²) < 4.78 is 4.47. The van der Waals surface area contributed by atoms with Gasteiger partial charge in [-0.1, -0.05) is 0 Å². The molecule has 1 rings (SSSR count). The van der Waals surface area contributed by atoms with Crippen LogP contribution in [-0.4, -0.2) is 23.0 Å². The molecule has 1 unspecified atom stereocenters. The van der Waals surface area contributed by atoms with Gasteiger partial charge in [0.25, 0.3) is 0 Å². The van der Waals surface area contributed by atoms with E-state index >= 15 is 0 Å². The lowest BCUT2D eigenvalue weighted by Crippen LogP contribution is -2.18. The maximum atomic E-state index is 10.8. The summed E-state index contributed by atoms with van der Waals surface area (Å²) in [6.45, 7) is 0. The van der Waals surface area contributed by atoms with Crippen LogP contribution in [0.2, 0.25) is 0 Å². The fraction of sp³-hybridized carbons (Fsp3) is 0.375. The number of ether oxygens (including phenoxy) is 1. The minimum Gasteiger partial charge on any atom is -0.469 e. The molecule has 0 spiro atoms. The third-order valence-electron chi connectivity index (χ3n) is 1.53. The number of nitrogens with two attached hydrogens (primary N) is 1. The lowest BCUT2D eigenvalue weighted by atomic mass is 10.2. The number of aromatic nitrogens is 2. The van der Waals surface area contributed by atoms with E-state index in [9.17, 15) is 4.79 Å². The smallest absolute Gasteiger partial charge is 0.307 e. The Bertz CT molecular complexity index is 276. The zero-order valence-corrected chi connectivity index (χ0v) is 7.30. The highest BCUT2D eigenvalue weighted by Gasteiger charge is 2.13. The largest absolute Gasteiger partial charge is 0.469 e. The van der Waals surface area contributed by atoms with Gasteiger partial charge >= 0.3 is 5.97 Å². The lowest BCUT2D eigenvalue weighted by Gasteiger charge is -2.07. The van der Waals surface area contributed by atoms with Gasteiger partial charge in [-0.2, -0.15) is 0 Å². The Morgan fingerprint density at radius 2 is 2.23 bits per heavy atom. The Labute approximate surface area is 75.9 Å². The molecule has 1 aromatic rings. The summed E-state index contributed by atoms with van der Waals surface area (Å²) in [7, 11) is 1.32. The van der Waals surface area contributed by atoms with Crippen LogP contribution in [0.5, 0.6) is 0 Å². The third kappa shape index (κ3) is 2.79. The molecule has 5 nitrogen and oxygen atoms in total. The molecule has 1 atom stereocenters. The van der Waals surface area contributed by atoms with Gasteiger partial charge in [0.2, 0.25) is 0 Å². The van der Waals surface area contributed by atoms with Crippen LogP contribution in [0, 0.1) is 0 Å². The molecule has 1 aromatic heterocycles. The highest BCUT2D eigenvalue weighted by molar-refractivity contribution is 5.69. The van der Waals surface area contributed by atoms with Crippen LogP contribution < -0.4 is 5.73 Å². The molecule has 1 heterocycles. The average Bonchev–Trinajstić information content (AvgIpc) is 2.19. The van der Waals surface area contributed by atoms with Crippen molar-refractivity contribution in [2.45, 2.75) is 12.5 Å². The van der Waals surface area contributed by atoms with Gasteiger partial charge in [0, 0.05) is 12.4 Å². The highest BCUT2D eigenvalue weighted by Crippen LogP contribution is 2.07.